The Morgan fingerprint density at radius 2 is 1.79 bits per heavy atom. The summed E-state index contributed by atoms with van der Waals surface area (Å²) in [6.07, 6.45) is 1.58. The number of ether oxygens (including phenoxy) is 4. The van der Waals surface area contributed by atoms with E-state index in [1.807, 2.05) is 43.3 Å². The number of fused-ring (bicyclic) bond motifs is 3. The summed E-state index contributed by atoms with van der Waals surface area (Å²) in [7, 11) is 1.21. The van der Waals surface area contributed by atoms with Crippen molar-refractivity contribution in [2.75, 3.05) is 13.7 Å². The van der Waals surface area contributed by atoms with E-state index in [0.717, 1.165) is 40.8 Å². The number of hydrogen-bond acceptors (Lipinski definition) is 7. The Hall–Kier alpha value is -4.07. The molecule has 1 aliphatic carbocycles. The summed E-state index contributed by atoms with van der Waals surface area (Å²) >= 11 is 0. The molecule has 1 atom stereocenters. The summed E-state index contributed by atoms with van der Waals surface area (Å²) in [5.74, 6) is -0.302. The van der Waals surface area contributed by atoms with Crippen LogP contribution in [0.2, 0.25) is 0 Å². The lowest BCUT2D eigenvalue weighted by atomic mass is 9.74. The molecule has 2 aromatic carbocycles. The van der Waals surface area contributed by atoms with Gasteiger partial charge in [0.25, 0.3) is 5.56 Å². The van der Waals surface area contributed by atoms with Crippen LogP contribution in [0.4, 0.5) is 4.79 Å². The van der Waals surface area contributed by atoms with E-state index in [-0.39, 0.29) is 29.7 Å². The van der Waals surface area contributed by atoms with Crippen LogP contribution in [-0.2, 0) is 22.4 Å². The minimum Gasteiger partial charge on any atom is -0.493 e. The summed E-state index contributed by atoms with van der Waals surface area (Å²) in [6, 6.07) is 13.7. The molecule has 0 saturated carbocycles. The molecule has 0 bridgehead atoms. The molecule has 1 heterocycles. The minimum absolute atomic E-state index is 0.0619. The van der Waals surface area contributed by atoms with E-state index >= 15 is 0 Å². The van der Waals surface area contributed by atoms with Crippen LogP contribution in [0.25, 0.3) is 11.3 Å². The standard InChI is InChI=1S/C35H43NO7/c1-9-10-16-41-27-19-24-18-25(21(2)3)28-30(26(24)17-22(27)4)36(20-23-14-12-11-13-15-23)32(37)29(33(38)40-8)31(28)42-34(39)43-35(5,6)7/h11-15,17,19,21,25H,9-10,16,18,20H2,1-8H3. The Kier molecular flexibility index (Phi) is 9.68. The highest BCUT2D eigenvalue weighted by molar-refractivity contribution is 5.95. The van der Waals surface area contributed by atoms with Gasteiger partial charge in [-0.3, -0.25) is 4.79 Å². The topological polar surface area (TPSA) is 93.1 Å². The lowest BCUT2D eigenvalue weighted by Gasteiger charge is -2.35. The molecule has 3 aromatic rings. The monoisotopic (exact) mass is 589 g/mol. The minimum atomic E-state index is -0.996. The molecule has 8 nitrogen and oxygen atoms in total. The number of nitrogens with zero attached hydrogens (tertiary/aromatic N) is 1. The summed E-state index contributed by atoms with van der Waals surface area (Å²) in [6.45, 7) is 14.2. The highest BCUT2D eigenvalue weighted by atomic mass is 16.7. The van der Waals surface area contributed by atoms with Gasteiger partial charge in [0.1, 0.15) is 11.4 Å². The number of esters is 1. The molecule has 0 spiro atoms. The molecule has 1 unspecified atom stereocenters. The van der Waals surface area contributed by atoms with Gasteiger partial charge in [0.2, 0.25) is 0 Å². The molecule has 0 fully saturated rings. The number of rotatable bonds is 9. The molecule has 8 heteroatoms. The van der Waals surface area contributed by atoms with Crippen molar-refractivity contribution >= 4 is 12.1 Å². The molecule has 1 aliphatic rings. The molecule has 0 saturated heterocycles. The van der Waals surface area contributed by atoms with Crippen molar-refractivity contribution in [1.29, 1.82) is 0 Å². The molecular weight excluding hydrogens is 546 g/mol. The molecule has 1 aromatic heterocycles. The van der Waals surface area contributed by atoms with Gasteiger partial charge in [-0.2, -0.15) is 0 Å². The maximum atomic E-state index is 14.4. The van der Waals surface area contributed by atoms with E-state index in [4.69, 9.17) is 18.9 Å². The zero-order chi connectivity index (χ0) is 31.5. The Labute approximate surface area is 253 Å². The first-order chi connectivity index (χ1) is 20.4. The second-order valence-electron chi connectivity index (χ2n) is 12.4. The molecule has 0 aliphatic heterocycles. The number of benzene rings is 2. The van der Waals surface area contributed by atoms with Gasteiger partial charge in [0, 0.05) is 11.1 Å². The average Bonchev–Trinajstić information content (AvgIpc) is 2.94. The van der Waals surface area contributed by atoms with Crippen LogP contribution >= 0.6 is 0 Å². The van der Waals surface area contributed by atoms with Gasteiger partial charge in [0.05, 0.1) is 26.0 Å². The maximum Gasteiger partial charge on any atom is 0.514 e. The van der Waals surface area contributed by atoms with E-state index in [2.05, 4.69) is 26.8 Å². The van der Waals surface area contributed by atoms with Crippen molar-refractivity contribution in [2.45, 2.75) is 85.8 Å². The third-order valence-electron chi connectivity index (χ3n) is 7.63. The molecule has 0 amide bonds. The Morgan fingerprint density at radius 1 is 1.09 bits per heavy atom. The van der Waals surface area contributed by atoms with Crippen molar-refractivity contribution in [3.05, 3.63) is 80.6 Å². The third kappa shape index (κ3) is 6.95. The van der Waals surface area contributed by atoms with Crippen LogP contribution in [0.1, 0.15) is 92.9 Å². The van der Waals surface area contributed by atoms with Gasteiger partial charge in [-0.25, -0.2) is 9.59 Å². The maximum absolute atomic E-state index is 14.4. The van der Waals surface area contributed by atoms with Crippen LogP contribution in [0, 0.1) is 12.8 Å². The van der Waals surface area contributed by atoms with Crippen molar-refractivity contribution in [3.63, 3.8) is 0 Å². The van der Waals surface area contributed by atoms with Crippen LogP contribution < -0.4 is 15.0 Å². The normalized spacial score (nSPS) is 14.1. The van der Waals surface area contributed by atoms with Gasteiger partial charge in [0.15, 0.2) is 11.3 Å². The second kappa shape index (κ2) is 13.1. The Balaban J connectivity index is 2.08. The fourth-order valence-corrected chi connectivity index (χ4v) is 5.52. The van der Waals surface area contributed by atoms with Crippen molar-refractivity contribution in [2.24, 2.45) is 5.92 Å². The predicted octanol–water partition coefficient (Wildman–Crippen LogP) is 7.45. The number of methoxy groups -OCH3 is 1. The average molecular weight is 590 g/mol. The number of hydrogen-bond donors (Lipinski definition) is 0. The van der Waals surface area contributed by atoms with Crippen LogP contribution in [0.15, 0.2) is 47.3 Å². The zero-order valence-corrected chi connectivity index (χ0v) is 26.5. The van der Waals surface area contributed by atoms with E-state index in [0.29, 0.717) is 24.3 Å². The van der Waals surface area contributed by atoms with Gasteiger partial charge >= 0.3 is 12.1 Å². The lowest BCUT2D eigenvalue weighted by molar-refractivity contribution is 0.0199. The summed E-state index contributed by atoms with van der Waals surface area (Å²) in [5.41, 5.74) is 3.12. The van der Waals surface area contributed by atoms with E-state index in [1.54, 1.807) is 25.3 Å². The number of unbranched alkanes of at least 4 members (excludes halogenated alkanes) is 1. The number of carbonyl (C=O) groups is 2. The summed E-state index contributed by atoms with van der Waals surface area (Å²) in [4.78, 5) is 40.7. The summed E-state index contributed by atoms with van der Waals surface area (Å²) < 4.78 is 24.2. The number of aromatic nitrogens is 1. The molecule has 43 heavy (non-hydrogen) atoms. The van der Waals surface area contributed by atoms with Crippen LogP contribution in [-0.4, -0.2) is 36.0 Å². The van der Waals surface area contributed by atoms with E-state index in [1.165, 1.54) is 7.11 Å². The zero-order valence-electron chi connectivity index (χ0n) is 26.5. The smallest absolute Gasteiger partial charge is 0.493 e. The van der Waals surface area contributed by atoms with Crippen molar-refractivity contribution in [1.82, 2.24) is 4.57 Å². The first-order valence-electron chi connectivity index (χ1n) is 15.0. The predicted molar refractivity (Wildman–Crippen MR) is 166 cm³/mol. The van der Waals surface area contributed by atoms with Crippen molar-refractivity contribution < 1.29 is 28.5 Å². The highest BCUT2D eigenvalue weighted by Gasteiger charge is 2.39. The highest BCUT2D eigenvalue weighted by Crippen LogP contribution is 2.49. The molecular formula is C35H43NO7. The van der Waals surface area contributed by atoms with Gasteiger partial charge < -0.3 is 23.5 Å². The number of pyridine rings is 1. The van der Waals surface area contributed by atoms with Crippen LogP contribution in [0.3, 0.4) is 0 Å². The SMILES string of the molecule is CCCCOc1cc2c(cc1C)-c1c(c(OC(=O)OC(C)(C)C)c(C(=O)OC)c(=O)n1Cc1ccccc1)C(C(C)C)C2. The molecule has 230 valence electrons. The van der Waals surface area contributed by atoms with Crippen LogP contribution in [0.5, 0.6) is 11.5 Å². The van der Waals surface area contributed by atoms with E-state index < -0.39 is 23.3 Å². The number of aryl methyl sites for hydroxylation is 1. The molecule has 0 radical (unpaired) electrons. The first kappa shape index (κ1) is 31.9. The lowest BCUT2D eigenvalue weighted by Crippen LogP contribution is -2.35. The number of carbonyl (C=O) groups excluding carboxylic acids is 2. The quantitative estimate of drug-likeness (QED) is 0.189. The third-order valence-corrected chi connectivity index (χ3v) is 7.63. The largest absolute Gasteiger partial charge is 0.514 e. The Bertz CT molecular complexity index is 1550. The van der Waals surface area contributed by atoms with Crippen molar-refractivity contribution in [3.8, 4) is 22.8 Å². The van der Waals surface area contributed by atoms with Gasteiger partial charge in [-0.05, 0) is 81.2 Å². The second-order valence-corrected chi connectivity index (χ2v) is 12.4. The fourth-order valence-electron chi connectivity index (χ4n) is 5.52. The first-order valence-corrected chi connectivity index (χ1v) is 15.0. The summed E-state index contributed by atoms with van der Waals surface area (Å²) in [5, 5.41) is 0. The molecule has 4 rings (SSSR count). The molecule has 0 N–H and O–H groups in total. The fraction of sp³-hybridized carbons (Fsp3) is 0.457. The van der Waals surface area contributed by atoms with E-state index in [9.17, 15) is 14.4 Å². The Morgan fingerprint density at radius 3 is 2.40 bits per heavy atom. The van der Waals surface area contributed by atoms with Gasteiger partial charge in [-0.1, -0.05) is 57.5 Å². The van der Waals surface area contributed by atoms with Gasteiger partial charge in [-0.15, -0.1) is 0 Å².